The molecule has 8 heteroatoms. The Kier molecular flexibility index (Phi) is 10.2. The number of methoxy groups -OCH3 is 1. The van der Waals surface area contributed by atoms with Gasteiger partial charge in [-0.15, -0.1) is 24.0 Å². The molecule has 0 saturated carbocycles. The Balaban J connectivity index is 0.00000300. The molecule has 0 amide bonds. The second-order valence-electron chi connectivity index (χ2n) is 7.35. The number of ether oxygens (including phenoxy) is 2. The number of anilines is 1. The summed E-state index contributed by atoms with van der Waals surface area (Å²) in [5.41, 5.74) is 1.23. The quantitative estimate of drug-likeness (QED) is 0.344. The number of benzene rings is 1. The zero-order valence-corrected chi connectivity index (χ0v) is 21.0. The third kappa shape index (κ3) is 6.55. The summed E-state index contributed by atoms with van der Waals surface area (Å²) in [5, 5.41) is 3.50. The molecule has 6 nitrogen and oxygen atoms in total. The average molecular weight is 535 g/mol. The number of hydrogen-bond acceptors (Lipinski definition) is 5. The van der Waals surface area contributed by atoms with E-state index in [1.807, 2.05) is 17.8 Å². The van der Waals surface area contributed by atoms with Crippen LogP contribution in [0, 0.1) is 0 Å². The van der Waals surface area contributed by atoms with E-state index in [1.165, 1.54) is 5.69 Å². The molecule has 0 radical (unpaired) electrons. The maximum atomic E-state index is 5.57. The molecule has 29 heavy (non-hydrogen) atoms. The van der Waals surface area contributed by atoms with Crippen LogP contribution in [0.4, 0.5) is 5.69 Å². The largest absolute Gasteiger partial charge is 0.497 e. The summed E-state index contributed by atoms with van der Waals surface area (Å²) in [7, 11) is 1.72. The van der Waals surface area contributed by atoms with Gasteiger partial charge >= 0.3 is 0 Å². The first-order valence-corrected chi connectivity index (χ1v) is 11.5. The predicted octanol–water partition coefficient (Wildman–Crippen LogP) is 3.31. The van der Waals surface area contributed by atoms with Crippen molar-refractivity contribution in [2.75, 3.05) is 70.7 Å². The zero-order chi connectivity index (χ0) is 19.8. The molecule has 2 aliphatic heterocycles. The summed E-state index contributed by atoms with van der Waals surface area (Å²) in [5.74, 6) is 1.96. The monoisotopic (exact) mass is 534 g/mol. The van der Waals surface area contributed by atoms with Crippen LogP contribution in [0.1, 0.15) is 19.8 Å². The lowest BCUT2D eigenvalue weighted by Gasteiger charge is -2.39. The van der Waals surface area contributed by atoms with Gasteiger partial charge < -0.3 is 24.6 Å². The Bertz CT molecular complexity index is 647. The molecule has 1 aromatic rings. The van der Waals surface area contributed by atoms with Crippen molar-refractivity contribution in [1.29, 1.82) is 0 Å². The van der Waals surface area contributed by atoms with Crippen molar-refractivity contribution in [1.82, 2.24) is 10.2 Å². The summed E-state index contributed by atoms with van der Waals surface area (Å²) >= 11 is 1.95. The molecule has 2 fully saturated rings. The van der Waals surface area contributed by atoms with Gasteiger partial charge in [0.15, 0.2) is 5.96 Å². The highest BCUT2D eigenvalue weighted by molar-refractivity contribution is 14.0. The normalized spacial score (nSPS) is 19.5. The van der Waals surface area contributed by atoms with E-state index >= 15 is 0 Å². The van der Waals surface area contributed by atoms with E-state index in [9.17, 15) is 0 Å². The minimum Gasteiger partial charge on any atom is -0.497 e. The Morgan fingerprint density at radius 2 is 1.97 bits per heavy atom. The fourth-order valence-corrected chi connectivity index (χ4v) is 4.57. The number of guanidine groups is 1. The molecule has 2 aliphatic rings. The van der Waals surface area contributed by atoms with Crippen molar-refractivity contribution in [2.45, 2.75) is 24.5 Å². The Morgan fingerprint density at radius 1 is 1.24 bits per heavy atom. The van der Waals surface area contributed by atoms with Crippen molar-refractivity contribution in [3.8, 4) is 5.75 Å². The highest BCUT2D eigenvalue weighted by atomic mass is 127. The SMILES string of the molecule is CCNC(=NCC1(SC)CCOCC1)N1CCN(c2cccc(OC)c2)CC1.I. The van der Waals surface area contributed by atoms with Crippen LogP contribution in [0.5, 0.6) is 5.75 Å². The van der Waals surface area contributed by atoms with E-state index in [0.717, 1.165) is 77.0 Å². The molecule has 0 spiro atoms. The van der Waals surface area contributed by atoms with E-state index in [1.54, 1.807) is 7.11 Å². The number of nitrogens with zero attached hydrogens (tertiary/aromatic N) is 3. The molecular formula is C21H35IN4O2S. The molecule has 0 atom stereocenters. The van der Waals surface area contributed by atoms with E-state index in [-0.39, 0.29) is 28.7 Å². The van der Waals surface area contributed by atoms with E-state index in [0.29, 0.717) is 0 Å². The highest BCUT2D eigenvalue weighted by Gasteiger charge is 2.32. The number of hydrogen-bond donors (Lipinski definition) is 1. The summed E-state index contributed by atoms with van der Waals surface area (Å²) in [6.07, 6.45) is 4.38. The fraction of sp³-hybridized carbons (Fsp3) is 0.667. The highest BCUT2D eigenvalue weighted by Crippen LogP contribution is 2.34. The minimum atomic E-state index is 0. The van der Waals surface area contributed by atoms with Crippen molar-refractivity contribution in [3.05, 3.63) is 24.3 Å². The molecule has 2 saturated heterocycles. The molecule has 0 bridgehead atoms. The maximum Gasteiger partial charge on any atom is 0.194 e. The number of rotatable bonds is 6. The van der Waals surface area contributed by atoms with Crippen LogP contribution in [0.2, 0.25) is 0 Å². The minimum absolute atomic E-state index is 0. The molecule has 3 rings (SSSR count). The fourth-order valence-electron chi connectivity index (χ4n) is 3.80. The number of thioether (sulfide) groups is 1. The van der Waals surface area contributed by atoms with Crippen LogP contribution in [0.3, 0.4) is 0 Å². The van der Waals surface area contributed by atoms with Crippen LogP contribution < -0.4 is 15.0 Å². The Labute approximate surface area is 196 Å². The van der Waals surface area contributed by atoms with Crippen LogP contribution >= 0.6 is 35.7 Å². The van der Waals surface area contributed by atoms with Crippen molar-refractivity contribution < 1.29 is 9.47 Å². The van der Waals surface area contributed by atoms with Gasteiger partial charge in [0, 0.05) is 62.4 Å². The van der Waals surface area contributed by atoms with E-state index in [4.69, 9.17) is 14.5 Å². The number of nitrogens with one attached hydrogen (secondary N) is 1. The first-order chi connectivity index (χ1) is 13.7. The van der Waals surface area contributed by atoms with Crippen molar-refractivity contribution in [2.24, 2.45) is 4.99 Å². The molecule has 0 aromatic heterocycles. The topological polar surface area (TPSA) is 49.3 Å². The third-order valence-electron chi connectivity index (χ3n) is 5.69. The molecule has 0 unspecified atom stereocenters. The first-order valence-electron chi connectivity index (χ1n) is 10.2. The third-order valence-corrected chi connectivity index (χ3v) is 7.09. The van der Waals surface area contributed by atoms with Gasteiger partial charge in [-0.05, 0) is 38.2 Å². The number of halogens is 1. The van der Waals surface area contributed by atoms with Crippen LogP contribution in [-0.4, -0.2) is 81.5 Å². The number of piperazine rings is 1. The number of aliphatic imine (C=N–C) groups is 1. The lowest BCUT2D eigenvalue weighted by Crippen LogP contribution is -2.53. The molecule has 1 aromatic carbocycles. The van der Waals surface area contributed by atoms with Gasteiger partial charge in [-0.25, -0.2) is 0 Å². The molecule has 1 N–H and O–H groups in total. The van der Waals surface area contributed by atoms with Crippen LogP contribution in [0.25, 0.3) is 0 Å². The standard InChI is InChI=1S/C21H34N4O2S.HI/c1-4-22-20(23-17-21(28-3)8-14-27-15-9-21)25-12-10-24(11-13-25)18-6-5-7-19(16-18)26-2;/h5-7,16H,4,8-15,17H2,1-3H3,(H,22,23);1H. The van der Waals surface area contributed by atoms with Gasteiger partial charge in [0.05, 0.1) is 13.7 Å². The van der Waals surface area contributed by atoms with Crippen molar-refractivity contribution in [3.63, 3.8) is 0 Å². The molecule has 2 heterocycles. The van der Waals surface area contributed by atoms with E-state index < -0.39 is 0 Å². The summed E-state index contributed by atoms with van der Waals surface area (Å²) in [6, 6.07) is 8.32. The van der Waals surface area contributed by atoms with Gasteiger partial charge in [0.2, 0.25) is 0 Å². The second-order valence-corrected chi connectivity index (χ2v) is 8.62. The molecule has 164 valence electrons. The lowest BCUT2D eigenvalue weighted by molar-refractivity contribution is 0.0793. The Hall–Kier alpha value is -0.870. The average Bonchev–Trinajstić information content (AvgIpc) is 2.77. The van der Waals surface area contributed by atoms with Crippen LogP contribution in [-0.2, 0) is 4.74 Å². The lowest BCUT2D eigenvalue weighted by atomic mass is 9.99. The van der Waals surface area contributed by atoms with Crippen molar-refractivity contribution >= 4 is 47.4 Å². The van der Waals surface area contributed by atoms with Gasteiger partial charge in [-0.3, -0.25) is 4.99 Å². The molecular weight excluding hydrogens is 499 g/mol. The first kappa shape index (κ1) is 24.4. The zero-order valence-electron chi connectivity index (χ0n) is 17.9. The Morgan fingerprint density at radius 3 is 2.59 bits per heavy atom. The molecule has 0 aliphatic carbocycles. The van der Waals surface area contributed by atoms with E-state index in [2.05, 4.69) is 46.5 Å². The summed E-state index contributed by atoms with van der Waals surface area (Å²) in [6.45, 7) is 9.51. The van der Waals surface area contributed by atoms with Gasteiger partial charge in [0.1, 0.15) is 5.75 Å². The predicted molar refractivity (Wildman–Crippen MR) is 134 cm³/mol. The maximum absolute atomic E-state index is 5.57. The summed E-state index contributed by atoms with van der Waals surface area (Å²) in [4.78, 5) is 9.86. The second kappa shape index (κ2) is 12.1. The van der Waals surface area contributed by atoms with Gasteiger partial charge in [0.25, 0.3) is 0 Å². The van der Waals surface area contributed by atoms with Gasteiger partial charge in [-0.2, -0.15) is 11.8 Å². The van der Waals surface area contributed by atoms with Crippen LogP contribution in [0.15, 0.2) is 29.3 Å². The summed E-state index contributed by atoms with van der Waals surface area (Å²) < 4.78 is 11.2. The smallest absolute Gasteiger partial charge is 0.194 e. The van der Waals surface area contributed by atoms with Gasteiger partial charge in [-0.1, -0.05) is 6.07 Å².